The molecule has 128 valence electrons. The minimum absolute atomic E-state index is 0.102. The van der Waals surface area contributed by atoms with E-state index in [0.29, 0.717) is 13.2 Å². The van der Waals surface area contributed by atoms with E-state index in [1.165, 1.54) is 12.7 Å². The zero-order valence-corrected chi connectivity index (χ0v) is 13.7. The summed E-state index contributed by atoms with van der Waals surface area (Å²) in [5, 5.41) is 2.79. The lowest BCUT2D eigenvalue weighted by Crippen LogP contribution is -2.51. The van der Waals surface area contributed by atoms with Crippen LogP contribution in [0.1, 0.15) is 30.4 Å². The second-order valence-corrected chi connectivity index (χ2v) is 6.41. The number of rotatable bonds is 2. The smallest absolute Gasteiger partial charge is 0.406 e. The molecule has 1 amide bonds. The van der Waals surface area contributed by atoms with Crippen LogP contribution >= 0.6 is 0 Å². The predicted molar refractivity (Wildman–Crippen MR) is 86.2 cm³/mol. The summed E-state index contributed by atoms with van der Waals surface area (Å²) in [6, 6.07) is 4.13. The lowest BCUT2D eigenvalue weighted by Gasteiger charge is -2.46. The highest BCUT2D eigenvalue weighted by Gasteiger charge is 2.46. The van der Waals surface area contributed by atoms with Gasteiger partial charge in [-0.1, -0.05) is 12.2 Å². The van der Waals surface area contributed by atoms with Crippen molar-refractivity contribution in [3.63, 3.8) is 0 Å². The molecule has 1 aromatic rings. The number of benzene rings is 1. The Kier molecular flexibility index (Phi) is 3.84. The number of methoxy groups -OCH3 is 1. The predicted octanol–water partition coefficient (Wildman–Crippen LogP) is 2.65. The van der Waals surface area contributed by atoms with Gasteiger partial charge in [-0.05, 0) is 42.5 Å². The number of fused-ring (bicyclic) bond motifs is 3. The number of carbonyl (C=O) groups is 1. The number of hydrogen-bond donors (Lipinski definition) is 1. The highest BCUT2D eigenvalue weighted by Crippen LogP contribution is 2.49. The average Bonchev–Trinajstić information content (AvgIpc) is 3.08. The van der Waals surface area contributed by atoms with E-state index >= 15 is 0 Å². The standard InChI is InChI=1S/C18H21NO5/c1-21-17(20)19-9-16-18(5-3-2-4-6-18)13-8-15-14(23-11-24-15)7-12(13)10-22-16/h2-3,7-8,16H,4-6,9-11H2,1H3,(H,19,20)/t16-,18+/m0/s1. The highest BCUT2D eigenvalue weighted by molar-refractivity contribution is 5.67. The third-order valence-electron chi connectivity index (χ3n) is 5.21. The molecular formula is C18H21NO5. The molecule has 2 heterocycles. The Morgan fingerprint density at radius 3 is 2.92 bits per heavy atom. The van der Waals surface area contributed by atoms with Gasteiger partial charge in [0.15, 0.2) is 11.5 Å². The van der Waals surface area contributed by atoms with Crippen LogP contribution in [-0.2, 0) is 21.5 Å². The summed E-state index contributed by atoms with van der Waals surface area (Å²) < 4.78 is 21.9. The van der Waals surface area contributed by atoms with Crippen LogP contribution in [0, 0.1) is 0 Å². The fourth-order valence-corrected chi connectivity index (χ4v) is 3.98. The number of amides is 1. The Balaban J connectivity index is 1.71. The van der Waals surface area contributed by atoms with Gasteiger partial charge in [0.05, 0.1) is 19.8 Å². The molecule has 2 atom stereocenters. The van der Waals surface area contributed by atoms with Crippen LogP contribution in [0.4, 0.5) is 4.79 Å². The second kappa shape index (κ2) is 6.02. The monoisotopic (exact) mass is 331 g/mol. The molecule has 1 aromatic carbocycles. The minimum atomic E-state index is -0.434. The molecule has 24 heavy (non-hydrogen) atoms. The van der Waals surface area contributed by atoms with Gasteiger partial charge in [0.1, 0.15) is 0 Å². The Bertz CT molecular complexity index is 686. The molecular weight excluding hydrogens is 310 g/mol. The molecule has 6 heteroatoms. The number of alkyl carbamates (subject to hydrolysis) is 1. The molecule has 4 rings (SSSR count). The zero-order chi connectivity index (χ0) is 16.6. The maximum Gasteiger partial charge on any atom is 0.406 e. The van der Waals surface area contributed by atoms with E-state index in [2.05, 4.69) is 23.5 Å². The molecule has 0 saturated heterocycles. The minimum Gasteiger partial charge on any atom is -0.454 e. The lowest BCUT2D eigenvalue weighted by molar-refractivity contribution is -0.0346. The normalized spacial score (nSPS) is 27.0. The maximum atomic E-state index is 11.5. The van der Waals surface area contributed by atoms with Crippen molar-refractivity contribution >= 4 is 6.09 Å². The molecule has 0 aromatic heterocycles. The quantitative estimate of drug-likeness (QED) is 0.844. The molecule has 1 N–H and O–H groups in total. The van der Waals surface area contributed by atoms with E-state index in [1.807, 2.05) is 6.07 Å². The molecule has 0 radical (unpaired) electrons. The van der Waals surface area contributed by atoms with E-state index in [-0.39, 0.29) is 18.3 Å². The molecule has 0 unspecified atom stereocenters. The number of hydrogen-bond acceptors (Lipinski definition) is 5. The van der Waals surface area contributed by atoms with E-state index < -0.39 is 6.09 Å². The molecule has 0 bridgehead atoms. The van der Waals surface area contributed by atoms with Gasteiger partial charge in [-0.2, -0.15) is 0 Å². The van der Waals surface area contributed by atoms with Crippen molar-refractivity contribution in [3.05, 3.63) is 35.4 Å². The third kappa shape index (κ3) is 2.41. The average molecular weight is 331 g/mol. The van der Waals surface area contributed by atoms with Crippen LogP contribution in [0.15, 0.2) is 24.3 Å². The summed E-state index contributed by atoms with van der Waals surface area (Å²) in [7, 11) is 1.37. The van der Waals surface area contributed by atoms with Crippen LogP contribution in [0.3, 0.4) is 0 Å². The molecule has 2 aliphatic heterocycles. The first kappa shape index (κ1) is 15.3. The van der Waals surface area contributed by atoms with Crippen molar-refractivity contribution in [3.8, 4) is 11.5 Å². The highest BCUT2D eigenvalue weighted by atomic mass is 16.7. The zero-order valence-electron chi connectivity index (χ0n) is 13.7. The van der Waals surface area contributed by atoms with Gasteiger partial charge < -0.3 is 24.3 Å². The summed E-state index contributed by atoms with van der Waals surface area (Å²) >= 11 is 0. The number of nitrogens with one attached hydrogen (secondary N) is 1. The molecule has 6 nitrogen and oxygen atoms in total. The second-order valence-electron chi connectivity index (χ2n) is 6.41. The lowest BCUT2D eigenvalue weighted by atomic mass is 9.65. The van der Waals surface area contributed by atoms with Crippen LogP contribution in [-0.4, -0.2) is 32.6 Å². The summed E-state index contributed by atoms with van der Waals surface area (Å²) in [5.41, 5.74) is 2.23. The van der Waals surface area contributed by atoms with Crippen molar-refractivity contribution in [2.75, 3.05) is 20.4 Å². The van der Waals surface area contributed by atoms with Crippen LogP contribution in [0.2, 0.25) is 0 Å². The van der Waals surface area contributed by atoms with Crippen LogP contribution in [0.5, 0.6) is 11.5 Å². The molecule has 0 saturated carbocycles. The molecule has 1 aliphatic carbocycles. The van der Waals surface area contributed by atoms with Gasteiger partial charge in [-0.25, -0.2) is 4.79 Å². The van der Waals surface area contributed by atoms with Crippen molar-refractivity contribution in [2.24, 2.45) is 0 Å². The molecule has 0 fully saturated rings. The Morgan fingerprint density at radius 1 is 1.33 bits per heavy atom. The largest absolute Gasteiger partial charge is 0.454 e. The molecule has 3 aliphatic rings. The van der Waals surface area contributed by atoms with Crippen molar-refractivity contribution in [1.82, 2.24) is 5.32 Å². The maximum absolute atomic E-state index is 11.5. The number of carbonyl (C=O) groups excluding carboxylic acids is 1. The van der Waals surface area contributed by atoms with Gasteiger partial charge in [-0.15, -0.1) is 0 Å². The van der Waals surface area contributed by atoms with E-state index in [4.69, 9.17) is 18.9 Å². The Hall–Kier alpha value is -2.21. The van der Waals surface area contributed by atoms with E-state index in [9.17, 15) is 4.79 Å². The summed E-state index contributed by atoms with van der Waals surface area (Å²) in [6.07, 6.45) is 6.73. The number of allylic oxidation sites excluding steroid dienone is 2. The summed E-state index contributed by atoms with van der Waals surface area (Å²) in [6.45, 7) is 1.19. The van der Waals surface area contributed by atoms with Gasteiger partial charge >= 0.3 is 6.09 Å². The fourth-order valence-electron chi connectivity index (χ4n) is 3.98. The first-order valence-corrected chi connectivity index (χ1v) is 8.24. The van der Waals surface area contributed by atoms with Crippen LogP contribution < -0.4 is 14.8 Å². The van der Waals surface area contributed by atoms with Gasteiger partial charge in [0, 0.05) is 12.0 Å². The van der Waals surface area contributed by atoms with Gasteiger partial charge in [0.2, 0.25) is 6.79 Å². The van der Waals surface area contributed by atoms with Crippen LogP contribution in [0.25, 0.3) is 0 Å². The van der Waals surface area contributed by atoms with Crippen molar-refractivity contribution in [1.29, 1.82) is 0 Å². The van der Waals surface area contributed by atoms with Crippen molar-refractivity contribution < 1.29 is 23.7 Å². The molecule has 1 spiro atoms. The van der Waals surface area contributed by atoms with Crippen molar-refractivity contribution in [2.45, 2.75) is 37.4 Å². The summed E-state index contributed by atoms with van der Waals surface area (Å²) in [5.74, 6) is 1.58. The Morgan fingerprint density at radius 2 is 2.17 bits per heavy atom. The fraction of sp³-hybridized carbons (Fsp3) is 0.500. The van der Waals surface area contributed by atoms with E-state index in [1.54, 1.807) is 0 Å². The first-order valence-electron chi connectivity index (χ1n) is 8.24. The number of ether oxygens (including phenoxy) is 4. The SMILES string of the molecule is COC(=O)NC[C@@H]1OCc2cc3c(cc2[C@]12CC=CCC2)OCO3. The summed E-state index contributed by atoms with van der Waals surface area (Å²) in [4.78, 5) is 11.5. The third-order valence-corrected chi connectivity index (χ3v) is 5.21. The topological polar surface area (TPSA) is 66.0 Å². The Labute approximate surface area is 140 Å². The van der Waals surface area contributed by atoms with Gasteiger partial charge in [-0.3, -0.25) is 0 Å². The first-order chi connectivity index (χ1) is 11.7. The van der Waals surface area contributed by atoms with Gasteiger partial charge in [0.25, 0.3) is 0 Å². The van der Waals surface area contributed by atoms with E-state index in [0.717, 1.165) is 36.3 Å².